The topological polar surface area (TPSA) is 59.8 Å². The number of benzene rings is 1. The Labute approximate surface area is 226 Å². The van der Waals surface area contributed by atoms with Gasteiger partial charge in [-0.3, -0.25) is 4.90 Å². The lowest BCUT2D eigenvalue weighted by Crippen LogP contribution is -2.49. The van der Waals surface area contributed by atoms with Crippen molar-refractivity contribution in [3.05, 3.63) is 54.0 Å². The second-order valence-corrected chi connectivity index (χ2v) is 12.3. The van der Waals surface area contributed by atoms with E-state index in [0.29, 0.717) is 41.2 Å². The molecule has 2 heterocycles. The summed E-state index contributed by atoms with van der Waals surface area (Å²) in [5.74, 6) is 2.79. The van der Waals surface area contributed by atoms with E-state index in [4.69, 9.17) is 4.74 Å². The van der Waals surface area contributed by atoms with Gasteiger partial charge in [-0.1, -0.05) is 37.6 Å². The summed E-state index contributed by atoms with van der Waals surface area (Å²) < 4.78 is 49.5. The molecular weight excluding hydrogens is 509 g/mol. The number of alkyl halides is 3. The Morgan fingerprint density at radius 1 is 1.23 bits per heavy atom. The Morgan fingerprint density at radius 2 is 2.00 bits per heavy atom. The fourth-order valence-corrected chi connectivity index (χ4v) is 7.17. The first-order chi connectivity index (χ1) is 18.5. The van der Waals surface area contributed by atoms with Crippen LogP contribution in [0, 0.1) is 35.0 Å². The number of fused-ring (bicyclic) bond motifs is 2. The highest BCUT2D eigenvalue weighted by Crippen LogP contribution is 2.60. The van der Waals surface area contributed by atoms with Crippen molar-refractivity contribution in [2.24, 2.45) is 42.1 Å². The molecule has 5 aliphatic rings. The van der Waals surface area contributed by atoms with Gasteiger partial charge in [-0.2, -0.15) is 0 Å². The fraction of sp³-hybridized carbons (Fsp3) is 0.586. The van der Waals surface area contributed by atoms with Gasteiger partial charge in [-0.15, -0.1) is 13.2 Å². The van der Waals surface area contributed by atoms with Crippen LogP contribution in [0.4, 0.5) is 18.0 Å². The van der Waals surface area contributed by atoms with E-state index in [0.717, 1.165) is 25.6 Å². The molecule has 7 nitrogen and oxygen atoms in total. The van der Waals surface area contributed by atoms with Gasteiger partial charge in [-0.05, 0) is 65.5 Å². The SMILES string of the molecule is Cn1cnc(OC(=O)N(Cc2cccc(OC(F)(F)F)c2)CC2C3CN(CC4=CCC5CC4C5(C)C)CC32)c1. The third-order valence-corrected chi connectivity index (χ3v) is 9.50. The smallest absolute Gasteiger partial charge is 0.406 e. The number of hydrogen-bond acceptors (Lipinski definition) is 5. The van der Waals surface area contributed by atoms with Crippen LogP contribution in [0.1, 0.15) is 32.3 Å². The van der Waals surface area contributed by atoms with Crippen molar-refractivity contribution in [3.8, 4) is 11.6 Å². The number of likely N-dealkylation sites (tertiary alicyclic amines) is 1. The second kappa shape index (κ2) is 9.57. The minimum Gasteiger partial charge on any atom is -0.406 e. The molecule has 1 aromatic heterocycles. The van der Waals surface area contributed by atoms with Gasteiger partial charge in [0.25, 0.3) is 0 Å². The number of aryl methyl sites for hydroxylation is 1. The number of allylic oxidation sites excluding steroid dienone is 1. The normalized spacial score (nSPS) is 28.8. The van der Waals surface area contributed by atoms with E-state index in [1.165, 1.54) is 37.4 Å². The Kier molecular flexibility index (Phi) is 6.44. The number of aromatic nitrogens is 2. The van der Waals surface area contributed by atoms with Crippen LogP contribution in [0.5, 0.6) is 11.6 Å². The van der Waals surface area contributed by atoms with Gasteiger partial charge in [0.05, 0.1) is 12.5 Å². The summed E-state index contributed by atoms with van der Waals surface area (Å²) in [4.78, 5) is 21.4. The molecule has 0 N–H and O–H groups in total. The Balaban J connectivity index is 1.09. The van der Waals surface area contributed by atoms with Gasteiger partial charge in [0.1, 0.15) is 5.75 Å². The standard InChI is InChI=1S/C29H35F3N4O3/c1-28(2)20-8-7-19(25(28)10-20)12-35-13-22-23(14-35)24(22)15-36(27(37)38-26-16-34(3)17-33-26)11-18-5-4-6-21(9-18)39-29(30,31)32/h4-7,9,16-17,20,22-25H,8,10-15H2,1-3H3. The number of ether oxygens (including phenoxy) is 2. The van der Waals surface area contributed by atoms with Crippen LogP contribution in [0.15, 0.2) is 48.4 Å². The fourth-order valence-electron chi connectivity index (χ4n) is 7.17. The number of rotatable bonds is 8. The van der Waals surface area contributed by atoms with Crippen molar-refractivity contribution in [2.75, 3.05) is 26.2 Å². The average Bonchev–Trinajstić information content (AvgIpc) is 3.15. The summed E-state index contributed by atoms with van der Waals surface area (Å²) in [5, 5.41) is 0. The van der Waals surface area contributed by atoms with Gasteiger partial charge >= 0.3 is 12.5 Å². The second-order valence-electron chi connectivity index (χ2n) is 12.3. The van der Waals surface area contributed by atoms with E-state index in [9.17, 15) is 18.0 Å². The van der Waals surface area contributed by atoms with Crippen molar-refractivity contribution >= 4 is 6.09 Å². The van der Waals surface area contributed by atoms with Crippen LogP contribution in [0.3, 0.4) is 0 Å². The van der Waals surface area contributed by atoms with Crippen LogP contribution in [0.25, 0.3) is 0 Å². The summed E-state index contributed by atoms with van der Waals surface area (Å²) in [7, 11) is 1.78. The first-order valence-corrected chi connectivity index (χ1v) is 13.7. The van der Waals surface area contributed by atoms with Crippen molar-refractivity contribution in [2.45, 2.75) is 39.6 Å². The maximum Gasteiger partial charge on any atom is 0.573 e. The minimum atomic E-state index is -4.78. The average molecular weight is 545 g/mol. The third-order valence-electron chi connectivity index (χ3n) is 9.50. The number of amides is 1. The number of piperidine rings is 1. The van der Waals surface area contributed by atoms with E-state index in [1.807, 2.05) is 0 Å². The van der Waals surface area contributed by atoms with Gasteiger partial charge in [-0.25, -0.2) is 9.78 Å². The maximum absolute atomic E-state index is 13.2. The van der Waals surface area contributed by atoms with Crippen LogP contribution in [-0.2, 0) is 13.6 Å². The molecule has 2 bridgehead atoms. The number of nitrogens with zero attached hydrogens (tertiary/aromatic N) is 4. The first kappa shape index (κ1) is 26.2. The maximum atomic E-state index is 13.2. The molecule has 0 spiro atoms. The molecule has 39 heavy (non-hydrogen) atoms. The molecule has 3 fully saturated rings. The van der Waals surface area contributed by atoms with E-state index in [2.05, 4.69) is 34.5 Å². The molecule has 2 saturated carbocycles. The van der Waals surface area contributed by atoms with Gasteiger partial charge in [0, 0.05) is 39.8 Å². The summed E-state index contributed by atoms with van der Waals surface area (Å²) in [6.45, 7) is 8.48. The van der Waals surface area contributed by atoms with Gasteiger partial charge in [0.15, 0.2) is 0 Å². The first-order valence-electron chi connectivity index (χ1n) is 13.7. The molecule has 1 saturated heterocycles. The highest BCUT2D eigenvalue weighted by Gasteiger charge is 2.57. The van der Waals surface area contributed by atoms with Crippen LogP contribution in [0.2, 0.25) is 0 Å². The van der Waals surface area contributed by atoms with Gasteiger partial charge in [0.2, 0.25) is 5.88 Å². The Bertz CT molecular complexity index is 1260. The van der Waals surface area contributed by atoms with E-state index in [1.54, 1.807) is 34.4 Å². The van der Waals surface area contributed by atoms with Crippen LogP contribution < -0.4 is 9.47 Å². The lowest BCUT2D eigenvalue weighted by molar-refractivity contribution is -0.274. The van der Waals surface area contributed by atoms with Crippen LogP contribution >= 0.6 is 0 Å². The van der Waals surface area contributed by atoms with Crippen molar-refractivity contribution in [3.63, 3.8) is 0 Å². The third kappa shape index (κ3) is 5.40. The number of halogens is 3. The largest absolute Gasteiger partial charge is 0.573 e. The lowest BCUT2D eigenvalue weighted by atomic mass is 9.49. The molecule has 0 radical (unpaired) electrons. The molecular formula is C29H35F3N4O3. The summed E-state index contributed by atoms with van der Waals surface area (Å²) >= 11 is 0. The number of carbonyl (C=O) groups is 1. The minimum absolute atomic E-state index is 0.116. The zero-order valence-electron chi connectivity index (χ0n) is 22.5. The molecule has 1 aromatic carbocycles. The molecule has 4 unspecified atom stereocenters. The summed E-state index contributed by atoms with van der Waals surface area (Å²) in [6.07, 6.45) is 2.79. The molecule has 4 aliphatic carbocycles. The van der Waals surface area contributed by atoms with Crippen molar-refractivity contribution < 1.29 is 27.4 Å². The highest BCUT2D eigenvalue weighted by atomic mass is 19.4. The monoisotopic (exact) mass is 544 g/mol. The molecule has 10 heteroatoms. The summed E-state index contributed by atoms with van der Waals surface area (Å²) in [5.41, 5.74) is 2.56. The van der Waals surface area contributed by atoms with E-state index < -0.39 is 12.5 Å². The number of carbonyl (C=O) groups excluding carboxylic acids is 1. The van der Waals surface area contributed by atoms with E-state index in [-0.39, 0.29) is 18.2 Å². The quantitative estimate of drug-likeness (QED) is 0.412. The zero-order chi connectivity index (χ0) is 27.5. The Morgan fingerprint density at radius 3 is 2.64 bits per heavy atom. The van der Waals surface area contributed by atoms with Gasteiger partial charge < -0.3 is 18.9 Å². The molecule has 1 aliphatic heterocycles. The Hall–Kier alpha value is -3.01. The number of imidazole rings is 1. The number of hydrogen-bond donors (Lipinski definition) is 0. The molecule has 7 rings (SSSR count). The predicted molar refractivity (Wildman–Crippen MR) is 138 cm³/mol. The molecule has 4 atom stereocenters. The zero-order valence-corrected chi connectivity index (χ0v) is 22.5. The highest BCUT2D eigenvalue weighted by molar-refractivity contribution is 5.70. The molecule has 2 aromatic rings. The lowest BCUT2D eigenvalue weighted by Gasteiger charge is -2.57. The van der Waals surface area contributed by atoms with Crippen LogP contribution in [-0.4, -0.2) is 58.0 Å². The van der Waals surface area contributed by atoms with E-state index >= 15 is 0 Å². The molecule has 210 valence electrons. The molecule has 1 amide bonds. The van der Waals surface area contributed by atoms with Crippen molar-refractivity contribution in [1.82, 2.24) is 19.4 Å². The van der Waals surface area contributed by atoms with Crippen molar-refractivity contribution in [1.29, 1.82) is 0 Å². The summed E-state index contributed by atoms with van der Waals surface area (Å²) in [6, 6.07) is 5.74. The predicted octanol–water partition coefficient (Wildman–Crippen LogP) is 5.49.